The van der Waals surface area contributed by atoms with Crippen LogP contribution >= 0.6 is 0 Å². The monoisotopic (exact) mass is 191 g/mol. The SMILES string of the molecule is CCCCN1C=C[N+](C)(C#N)C1C#N. The first kappa shape index (κ1) is 10.6. The van der Waals surface area contributed by atoms with Crippen LogP contribution in [0.2, 0.25) is 0 Å². The molecule has 0 aromatic heterocycles. The Morgan fingerprint density at radius 1 is 1.50 bits per heavy atom. The van der Waals surface area contributed by atoms with Gasteiger partial charge in [0.2, 0.25) is 0 Å². The van der Waals surface area contributed by atoms with Crippen molar-refractivity contribution in [1.82, 2.24) is 4.90 Å². The molecule has 0 spiro atoms. The molecule has 0 N–H and O–H groups in total. The maximum absolute atomic E-state index is 9.00. The van der Waals surface area contributed by atoms with Crippen molar-refractivity contribution in [2.75, 3.05) is 13.6 Å². The highest BCUT2D eigenvalue weighted by Crippen LogP contribution is 2.22. The number of unbranched alkanes of at least 4 members (excludes halogenated alkanes) is 1. The average Bonchev–Trinajstić information content (AvgIpc) is 2.53. The molecule has 0 aromatic rings. The quantitative estimate of drug-likeness (QED) is 0.500. The summed E-state index contributed by atoms with van der Waals surface area (Å²) in [4.78, 5) is 1.94. The standard InChI is InChI=1S/C10H15N4/c1-3-4-5-13-6-7-14(2,9-12)10(13)8-11/h6-7,10H,3-5H2,1-2H3/q+1. The lowest BCUT2D eigenvalue weighted by Gasteiger charge is -2.25. The summed E-state index contributed by atoms with van der Waals surface area (Å²) in [5.41, 5.74) is 0. The van der Waals surface area contributed by atoms with Crippen LogP contribution in [-0.4, -0.2) is 29.1 Å². The van der Waals surface area contributed by atoms with E-state index in [0.717, 1.165) is 19.4 Å². The fraction of sp³-hybridized carbons (Fsp3) is 0.600. The first-order valence-corrected chi connectivity index (χ1v) is 4.80. The summed E-state index contributed by atoms with van der Waals surface area (Å²) in [6.45, 7) is 2.96. The number of nitrogens with zero attached hydrogens (tertiary/aromatic N) is 4. The number of quaternary nitrogens is 1. The van der Waals surface area contributed by atoms with Gasteiger partial charge in [-0.1, -0.05) is 13.3 Å². The van der Waals surface area contributed by atoms with Crippen molar-refractivity contribution in [3.05, 3.63) is 12.4 Å². The van der Waals surface area contributed by atoms with E-state index in [1.54, 1.807) is 13.2 Å². The summed E-state index contributed by atoms with van der Waals surface area (Å²) in [7, 11) is 1.75. The van der Waals surface area contributed by atoms with Crippen molar-refractivity contribution < 1.29 is 4.48 Å². The lowest BCUT2D eigenvalue weighted by molar-refractivity contribution is -0.814. The summed E-state index contributed by atoms with van der Waals surface area (Å²) >= 11 is 0. The molecule has 0 aliphatic carbocycles. The van der Waals surface area contributed by atoms with Gasteiger partial charge >= 0.3 is 6.19 Å². The van der Waals surface area contributed by atoms with E-state index in [0.29, 0.717) is 0 Å². The topological polar surface area (TPSA) is 50.8 Å². The molecular formula is C10H15N4+. The number of hydrogen-bond donors (Lipinski definition) is 0. The largest absolute Gasteiger partial charge is 0.316 e. The van der Waals surface area contributed by atoms with Crippen LogP contribution in [0.15, 0.2) is 12.4 Å². The van der Waals surface area contributed by atoms with Gasteiger partial charge in [0.25, 0.3) is 6.17 Å². The highest BCUT2D eigenvalue weighted by Gasteiger charge is 2.40. The first-order valence-electron chi connectivity index (χ1n) is 4.80. The molecule has 1 heterocycles. The van der Waals surface area contributed by atoms with Crippen molar-refractivity contribution in [3.63, 3.8) is 0 Å². The fourth-order valence-electron chi connectivity index (χ4n) is 1.51. The Morgan fingerprint density at radius 2 is 2.21 bits per heavy atom. The third-order valence-corrected chi connectivity index (χ3v) is 2.49. The molecule has 0 bridgehead atoms. The van der Waals surface area contributed by atoms with Crippen molar-refractivity contribution >= 4 is 0 Å². The zero-order valence-corrected chi connectivity index (χ0v) is 8.64. The molecule has 1 aliphatic rings. The van der Waals surface area contributed by atoms with Gasteiger partial charge < -0.3 is 4.90 Å². The van der Waals surface area contributed by atoms with Gasteiger partial charge in [0.15, 0.2) is 6.07 Å². The molecule has 0 aromatic carbocycles. The van der Waals surface area contributed by atoms with Crippen molar-refractivity contribution in [1.29, 1.82) is 10.5 Å². The highest BCUT2D eigenvalue weighted by molar-refractivity contribution is 5.00. The minimum Gasteiger partial charge on any atom is -0.311 e. The molecule has 4 nitrogen and oxygen atoms in total. The Morgan fingerprint density at radius 3 is 2.71 bits per heavy atom. The van der Waals surface area contributed by atoms with Crippen LogP contribution in [-0.2, 0) is 0 Å². The normalized spacial score (nSPS) is 30.0. The Bertz CT molecular complexity index is 309. The van der Waals surface area contributed by atoms with Crippen LogP contribution < -0.4 is 0 Å². The van der Waals surface area contributed by atoms with Crippen LogP contribution in [0.3, 0.4) is 0 Å². The molecule has 2 atom stereocenters. The summed E-state index contributed by atoms with van der Waals surface area (Å²) in [5, 5.41) is 18.0. The average molecular weight is 191 g/mol. The highest BCUT2D eigenvalue weighted by atomic mass is 15.5. The molecule has 0 amide bonds. The lowest BCUT2D eigenvalue weighted by Crippen LogP contribution is -2.46. The molecule has 0 saturated heterocycles. The van der Waals surface area contributed by atoms with Gasteiger partial charge in [0.1, 0.15) is 6.20 Å². The fourth-order valence-corrected chi connectivity index (χ4v) is 1.51. The molecule has 1 rings (SSSR count). The zero-order valence-electron chi connectivity index (χ0n) is 8.64. The van der Waals surface area contributed by atoms with Crippen LogP contribution in [0, 0.1) is 22.8 Å². The number of rotatable bonds is 3. The van der Waals surface area contributed by atoms with E-state index in [9.17, 15) is 0 Å². The summed E-state index contributed by atoms with van der Waals surface area (Å²) in [5.74, 6) is 0. The van der Waals surface area contributed by atoms with Gasteiger partial charge in [-0.15, -0.1) is 5.26 Å². The van der Waals surface area contributed by atoms with E-state index < -0.39 is 0 Å². The predicted molar refractivity (Wildman–Crippen MR) is 52.0 cm³/mol. The predicted octanol–water partition coefficient (Wildman–Crippen LogP) is 1.35. The third kappa shape index (κ3) is 1.71. The maximum Gasteiger partial charge on any atom is 0.316 e. The van der Waals surface area contributed by atoms with Gasteiger partial charge in [-0.05, 0) is 6.42 Å². The second-order valence-corrected chi connectivity index (χ2v) is 3.64. The van der Waals surface area contributed by atoms with Gasteiger partial charge in [-0.25, -0.2) is 0 Å². The molecule has 0 saturated carbocycles. The minimum absolute atomic E-state index is 0.0280. The molecule has 0 radical (unpaired) electrons. The van der Waals surface area contributed by atoms with E-state index >= 15 is 0 Å². The Hall–Kier alpha value is -1.52. The third-order valence-electron chi connectivity index (χ3n) is 2.49. The van der Waals surface area contributed by atoms with Crippen LogP contribution in [0.4, 0.5) is 0 Å². The van der Waals surface area contributed by atoms with E-state index in [4.69, 9.17) is 10.5 Å². The van der Waals surface area contributed by atoms with Crippen molar-refractivity contribution in [3.8, 4) is 12.3 Å². The Balaban J connectivity index is 2.72. The second-order valence-electron chi connectivity index (χ2n) is 3.64. The van der Waals surface area contributed by atoms with E-state index in [2.05, 4.69) is 19.2 Å². The van der Waals surface area contributed by atoms with Crippen LogP contribution in [0.1, 0.15) is 19.8 Å². The lowest BCUT2D eigenvalue weighted by atomic mass is 10.3. The first-order chi connectivity index (χ1) is 6.68. The zero-order chi connectivity index (χ0) is 10.6. The van der Waals surface area contributed by atoms with Crippen LogP contribution in [0.25, 0.3) is 0 Å². The van der Waals surface area contributed by atoms with E-state index in [-0.39, 0.29) is 10.6 Å². The minimum atomic E-state index is -0.383. The summed E-state index contributed by atoms with van der Waals surface area (Å²) in [6.07, 6.45) is 7.52. The van der Waals surface area contributed by atoms with E-state index in [1.165, 1.54) is 0 Å². The van der Waals surface area contributed by atoms with Crippen LogP contribution in [0.5, 0.6) is 0 Å². The molecule has 0 fully saturated rings. The van der Waals surface area contributed by atoms with Gasteiger partial charge in [-0.2, -0.15) is 9.74 Å². The van der Waals surface area contributed by atoms with Crippen molar-refractivity contribution in [2.24, 2.45) is 0 Å². The molecule has 4 heteroatoms. The number of hydrogen-bond acceptors (Lipinski definition) is 3. The van der Waals surface area contributed by atoms with Gasteiger partial charge in [0, 0.05) is 6.54 Å². The molecular weight excluding hydrogens is 176 g/mol. The Kier molecular flexibility index (Phi) is 3.11. The number of nitriles is 2. The molecule has 14 heavy (non-hydrogen) atoms. The maximum atomic E-state index is 9.00. The van der Waals surface area contributed by atoms with E-state index in [1.807, 2.05) is 11.1 Å². The summed E-state index contributed by atoms with van der Waals surface area (Å²) in [6, 6.07) is 2.18. The molecule has 74 valence electrons. The van der Waals surface area contributed by atoms with Gasteiger partial charge in [-0.3, -0.25) is 0 Å². The van der Waals surface area contributed by atoms with Crippen molar-refractivity contribution in [2.45, 2.75) is 25.9 Å². The smallest absolute Gasteiger partial charge is 0.311 e. The summed E-state index contributed by atoms with van der Waals surface area (Å²) < 4.78 is 0.0280. The molecule has 2 unspecified atom stereocenters. The molecule has 1 aliphatic heterocycles. The van der Waals surface area contributed by atoms with Gasteiger partial charge in [0.05, 0.1) is 13.2 Å². The second kappa shape index (κ2) is 4.13. The Labute approximate surface area is 84.8 Å².